The van der Waals surface area contributed by atoms with Crippen LogP contribution in [0, 0.1) is 5.92 Å². The summed E-state index contributed by atoms with van der Waals surface area (Å²) in [6.45, 7) is 5.73. The summed E-state index contributed by atoms with van der Waals surface area (Å²) < 4.78 is 0. The molecule has 1 atom stereocenters. The van der Waals surface area contributed by atoms with Crippen LogP contribution in [0.1, 0.15) is 54.6 Å². The van der Waals surface area contributed by atoms with Crippen molar-refractivity contribution in [2.24, 2.45) is 5.92 Å². The Morgan fingerprint density at radius 2 is 2.16 bits per heavy atom. The Labute approximate surface area is 118 Å². The molecule has 3 heteroatoms. The van der Waals surface area contributed by atoms with Crippen molar-refractivity contribution in [1.82, 2.24) is 5.32 Å². The molecule has 1 unspecified atom stereocenters. The topological polar surface area (TPSA) is 29.1 Å². The first-order valence-corrected chi connectivity index (χ1v) is 7.82. The summed E-state index contributed by atoms with van der Waals surface area (Å²) in [5.74, 6) is 1.04. The number of Topliss-reactive ketones (excluding diaryl/α,β-unsaturated/α-hetero) is 1. The minimum Gasteiger partial charge on any atom is -0.312 e. The van der Waals surface area contributed by atoms with Gasteiger partial charge < -0.3 is 5.32 Å². The highest BCUT2D eigenvalue weighted by molar-refractivity contribution is 7.27. The molecule has 0 radical (unpaired) electrons. The molecule has 0 spiro atoms. The molecular weight excluding hydrogens is 253 g/mol. The molecule has 2 nitrogen and oxygen atoms in total. The molecule has 19 heavy (non-hydrogen) atoms. The fraction of sp³-hybridized carbons (Fsp3) is 0.562. The molecule has 0 aromatic heterocycles. The van der Waals surface area contributed by atoms with Gasteiger partial charge in [-0.25, -0.2) is 0 Å². The normalized spacial score (nSPS) is 15.3. The maximum absolute atomic E-state index is 11.7. The first-order valence-electron chi connectivity index (χ1n) is 7.24. The van der Waals surface area contributed by atoms with E-state index < -0.39 is 0 Å². The number of hydrogen-bond donors (Lipinski definition) is 1. The maximum Gasteiger partial charge on any atom is 0.160 e. The summed E-state index contributed by atoms with van der Waals surface area (Å²) in [6.07, 6.45) is 5.04. The Balaban J connectivity index is 2.05. The van der Waals surface area contributed by atoms with Gasteiger partial charge in [0.1, 0.15) is 0 Å². The zero-order chi connectivity index (χ0) is 13.8. The van der Waals surface area contributed by atoms with Gasteiger partial charge in [-0.2, -0.15) is 0 Å². The van der Waals surface area contributed by atoms with Crippen molar-refractivity contribution in [2.75, 3.05) is 6.54 Å². The van der Waals surface area contributed by atoms with Crippen LogP contribution in [0.15, 0.2) is 12.1 Å². The predicted octanol–water partition coefficient (Wildman–Crippen LogP) is 2.84. The molecule has 0 amide bonds. The number of benzene rings is 1. The highest BCUT2D eigenvalue weighted by Gasteiger charge is 2.16. The number of hydrogen-bond acceptors (Lipinski definition) is 2. The van der Waals surface area contributed by atoms with Gasteiger partial charge in [-0.1, -0.05) is 19.4 Å². The van der Waals surface area contributed by atoms with Gasteiger partial charge in [0.15, 0.2) is 5.78 Å². The minimum absolute atomic E-state index is 0.168. The van der Waals surface area contributed by atoms with Crippen LogP contribution in [0.5, 0.6) is 0 Å². The largest absolute Gasteiger partial charge is 0.312 e. The number of carbonyl (C=O) groups is 1. The molecule has 1 saturated carbocycles. The van der Waals surface area contributed by atoms with Gasteiger partial charge in [0, 0.05) is 12.1 Å². The summed E-state index contributed by atoms with van der Waals surface area (Å²) in [6, 6.07) is 4.24. The third-order valence-electron chi connectivity index (χ3n) is 4.06. The second-order valence-corrected chi connectivity index (χ2v) is 6.17. The Morgan fingerprint density at radius 1 is 1.42 bits per heavy atom. The van der Waals surface area contributed by atoms with E-state index in [1.165, 1.54) is 30.4 Å². The Hall–Kier alpha value is -0.720. The van der Waals surface area contributed by atoms with Crippen molar-refractivity contribution in [2.45, 2.75) is 46.1 Å². The first-order chi connectivity index (χ1) is 9.11. The SMILES string of the molecule is CCc1c(P)cc(CNCC2CCC2)cc1C(C)=O. The quantitative estimate of drug-likeness (QED) is 0.640. The van der Waals surface area contributed by atoms with Crippen molar-refractivity contribution < 1.29 is 4.79 Å². The van der Waals surface area contributed by atoms with Crippen molar-refractivity contribution in [1.29, 1.82) is 0 Å². The van der Waals surface area contributed by atoms with Crippen LogP contribution in [0.4, 0.5) is 0 Å². The van der Waals surface area contributed by atoms with E-state index in [-0.39, 0.29) is 5.78 Å². The minimum atomic E-state index is 0.168. The smallest absolute Gasteiger partial charge is 0.160 e. The first kappa shape index (κ1) is 14.7. The van der Waals surface area contributed by atoms with Gasteiger partial charge in [-0.05, 0) is 61.1 Å². The second kappa shape index (κ2) is 6.63. The monoisotopic (exact) mass is 277 g/mol. The molecule has 0 bridgehead atoms. The van der Waals surface area contributed by atoms with Gasteiger partial charge >= 0.3 is 0 Å². The molecule has 2 rings (SSSR count). The van der Waals surface area contributed by atoms with E-state index in [2.05, 4.69) is 33.6 Å². The molecule has 1 aromatic rings. The molecule has 1 aliphatic rings. The fourth-order valence-corrected chi connectivity index (χ4v) is 3.26. The molecule has 1 aliphatic carbocycles. The Bertz CT molecular complexity index is 466. The van der Waals surface area contributed by atoms with E-state index in [0.29, 0.717) is 0 Å². The molecule has 1 N–H and O–H groups in total. The molecule has 0 heterocycles. The number of nitrogens with one attached hydrogen (secondary N) is 1. The molecule has 0 saturated heterocycles. The highest BCUT2D eigenvalue weighted by Crippen LogP contribution is 2.25. The highest BCUT2D eigenvalue weighted by atomic mass is 31.0. The van der Waals surface area contributed by atoms with Gasteiger partial charge in [0.25, 0.3) is 0 Å². The van der Waals surface area contributed by atoms with Crippen molar-refractivity contribution in [3.8, 4) is 0 Å². The molecular formula is C16H24NOP. The van der Waals surface area contributed by atoms with Crippen LogP contribution >= 0.6 is 9.24 Å². The Kier molecular flexibility index (Phi) is 5.13. The Morgan fingerprint density at radius 3 is 2.68 bits per heavy atom. The lowest BCUT2D eigenvalue weighted by Gasteiger charge is -2.25. The van der Waals surface area contributed by atoms with Crippen LogP contribution in [-0.2, 0) is 13.0 Å². The third-order valence-corrected chi connectivity index (χ3v) is 4.58. The molecule has 1 aromatic carbocycles. The number of rotatable bonds is 6. The zero-order valence-corrected chi connectivity index (χ0v) is 13.1. The molecule has 0 aliphatic heterocycles. The van der Waals surface area contributed by atoms with Crippen LogP contribution < -0.4 is 10.6 Å². The maximum atomic E-state index is 11.7. The summed E-state index contributed by atoms with van der Waals surface area (Å²) in [5.41, 5.74) is 3.27. The summed E-state index contributed by atoms with van der Waals surface area (Å²) in [7, 11) is 2.77. The number of carbonyl (C=O) groups excluding carboxylic acids is 1. The fourth-order valence-electron chi connectivity index (χ4n) is 2.68. The van der Waals surface area contributed by atoms with E-state index in [1.807, 2.05) is 0 Å². The summed E-state index contributed by atoms with van der Waals surface area (Å²) >= 11 is 0. The van der Waals surface area contributed by atoms with Gasteiger partial charge in [-0.15, -0.1) is 9.24 Å². The van der Waals surface area contributed by atoms with Crippen molar-refractivity contribution >= 4 is 20.3 Å². The van der Waals surface area contributed by atoms with Gasteiger partial charge in [-0.3, -0.25) is 4.79 Å². The third kappa shape index (κ3) is 3.64. The van der Waals surface area contributed by atoms with Crippen LogP contribution in [0.25, 0.3) is 0 Å². The summed E-state index contributed by atoms with van der Waals surface area (Å²) in [4.78, 5) is 11.7. The molecule has 1 fully saturated rings. The molecule has 104 valence electrons. The van der Waals surface area contributed by atoms with E-state index >= 15 is 0 Å². The van der Waals surface area contributed by atoms with Gasteiger partial charge in [0.05, 0.1) is 0 Å². The van der Waals surface area contributed by atoms with Gasteiger partial charge in [0.2, 0.25) is 0 Å². The average molecular weight is 277 g/mol. The van der Waals surface area contributed by atoms with Crippen LogP contribution in [-0.4, -0.2) is 12.3 Å². The second-order valence-electron chi connectivity index (χ2n) is 5.55. The lowest BCUT2D eigenvalue weighted by molar-refractivity contribution is 0.101. The van der Waals surface area contributed by atoms with Crippen molar-refractivity contribution in [3.63, 3.8) is 0 Å². The lowest BCUT2D eigenvalue weighted by atomic mass is 9.85. The van der Waals surface area contributed by atoms with E-state index in [4.69, 9.17) is 0 Å². The van der Waals surface area contributed by atoms with E-state index in [9.17, 15) is 4.79 Å². The number of ketones is 1. The average Bonchev–Trinajstić information content (AvgIpc) is 2.31. The van der Waals surface area contributed by atoms with E-state index in [0.717, 1.165) is 36.3 Å². The van der Waals surface area contributed by atoms with Crippen LogP contribution in [0.2, 0.25) is 0 Å². The lowest BCUT2D eigenvalue weighted by Crippen LogP contribution is -2.27. The predicted molar refractivity (Wildman–Crippen MR) is 84.2 cm³/mol. The standard InChI is InChI=1S/C16H24NOP/c1-3-14-15(11(2)18)7-13(8-16(14)19)10-17-9-12-5-4-6-12/h7-8,12,17H,3-6,9-10,19H2,1-2H3. The van der Waals surface area contributed by atoms with Crippen molar-refractivity contribution in [3.05, 3.63) is 28.8 Å². The van der Waals surface area contributed by atoms with Crippen LogP contribution in [0.3, 0.4) is 0 Å². The zero-order valence-electron chi connectivity index (χ0n) is 12.0. The summed E-state index contributed by atoms with van der Waals surface area (Å²) in [5, 5.41) is 4.68. The van der Waals surface area contributed by atoms with E-state index in [1.54, 1.807) is 6.92 Å².